The Morgan fingerprint density at radius 1 is 1.04 bits per heavy atom. The van der Waals surface area contributed by atoms with E-state index < -0.39 is 5.97 Å². The van der Waals surface area contributed by atoms with Crippen molar-refractivity contribution in [2.75, 3.05) is 0 Å². The van der Waals surface area contributed by atoms with Crippen molar-refractivity contribution < 1.29 is 9.90 Å². The van der Waals surface area contributed by atoms with Crippen LogP contribution in [0.5, 0.6) is 0 Å². The van der Waals surface area contributed by atoms with Crippen LogP contribution >= 0.6 is 0 Å². The Morgan fingerprint density at radius 3 is 2.62 bits per heavy atom. The highest BCUT2D eigenvalue weighted by Gasteiger charge is 2.45. The molecule has 2 bridgehead atoms. The highest BCUT2D eigenvalue weighted by molar-refractivity contribution is 5.66. The molecule has 0 spiro atoms. The molecule has 1 aliphatic heterocycles. The zero-order chi connectivity index (χ0) is 17.2. The highest BCUT2D eigenvalue weighted by Crippen LogP contribution is 2.44. The molecular weight excluding hydrogens is 300 g/mol. The number of carbonyl (C=O) groups is 1. The molecule has 1 fully saturated rings. The number of rotatable bonds is 12. The van der Waals surface area contributed by atoms with Gasteiger partial charge in [0.1, 0.15) is 0 Å². The maximum absolute atomic E-state index is 10.5. The Balaban J connectivity index is 1.73. The van der Waals surface area contributed by atoms with E-state index in [1.807, 2.05) is 0 Å². The summed E-state index contributed by atoms with van der Waals surface area (Å²) in [5.41, 5.74) is 0. The van der Waals surface area contributed by atoms with Gasteiger partial charge in [0.05, 0.1) is 12.1 Å². The van der Waals surface area contributed by atoms with Crippen LogP contribution in [0.25, 0.3) is 0 Å². The number of carboxylic acid groups (broad SMARTS) is 1. The van der Waals surface area contributed by atoms with Gasteiger partial charge in [-0.05, 0) is 44.4 Å². The van der Waals surface area contributed by atoms with E-state index in [4.69, 9.17) is 5.11 Å². The monoisotopic (exact) mass is 332 g/mol. The van der Waals surface area contributed by atoms with Gasteiger partial charge in [-0.15, -0.1) is 0 Å². The van der Waals surface area contributed by atoms with E-state index in [0.717, 1.165) is 25.7 Å². The van der Waals surface area contributed by atoms with Crippen LogP contribution in [0.1, 0.15) is 71.1 Å². The lowest BCUT2D eigenvalue weighted by Crippen LogP contribution is -2.21. The van der Waals surface area contributed by atoms with Crippen LogP contribution in [0.3, 0.4) is 0 Å². The first-order valence-electron chi connectivity index (χ1n) is 9.65. The molecule has 2 rings (SSSR count). The maximum Gasteiger partial charge on any atom is 0.303 e. The predicted molar refractivity (Wildman–Crippen MR) is 97.2 cm³/mol. The van der Waals surface area contributed by atoms with Gasteiger partial charge in [0.2, 0.25) is 0 Å². The minimum absolute atomic E-state index is 0.260. The molecule has 4 nitrogen and oxygen atoms in total. The van der Waals surface area contributed by atoms with Crippen LogP contribution in [0.2, 0.25) is 0 Å². The maximum atomic E-state index is 10.5. The molecule has 0 aromatic heterocycles. The van der Waals surface area contributed by atoms with Gasteiger partial charge in [-0.3, -0.25) is 4.79 Å². The first kappa shape index (κ1) is 18.9. The molecule has 2 aliphatic rings. The molecule has 0 saturated heterocycles. The number of hydrogen-bond donors (Lipinski definition) is 1. The summed E-state index contributed by atoms with van der Waals surface area (Å²) in [5, 5.41) is 17.5. The van der Waals surface area contributed by atoms with E-state index in [2.05, 4.69) is 41.5 Å². The van der Waals surface area contributed by atoms with Crippen LogP contribution in [0, 0.1) is 11.8 Å². The molecule has 24 heavy (non-hydrogen) atoms. The summed E-state index contributed by atoms with van der Waals surface area (Å²) >= 11 is 0. The van der Waals surface area contributed by atoms with Gasteiger partial charge in [0.15, 0.2) is 0 Å². The third-order valence-electron chi connectivity index (χ3n) is 5.20. The summed E-state index contributed by atoms with van der Waals surface area (Å²) in [7, 11) is 0. The molecule has 1 saturated carbocycles. The van der Waals surface area contributed by atoms with Crippen molar-refractivity contribution in [3.05, 3.63) is 24.3 Å². The zero-order valence-electron chi connectivity index (χ0n) is 14.9. The summed E-state index contributed by atoms with van der Waals surface area (Å²) in [6.07, 6.45) is 19.6. The van der Waals surface area contributed by atoms with Gasteiger partial charge in [0, 0.05) is 12.3 Å². The second-order valence-electron chi connectivity index (χ2n) is 7.11. The molecule has 1 N–H and O–H groups in total. The molecule has 0 aromatic carbocycles. The first-order chi connectivity index (χ1) is 11.7. The smallest absolute Gasteiger partial charge is 0.303 e. The third kappa shape index (κ3) is 5.88. The fourth-order valence-corrected chi connectivity index (χ4v) is 3.82. The number of carboxylic acids is 1. The van der Waals surface area contributed by atoms with Gasteiger partial charge < -0.3 is 5.11 Å². The highest BCUT2D eigenvalue weighted by atomic mass is 16.4. The lowest BCUT2D eigenvalue weighted by molar-refractivity contribution is -0.137. The summed E-state index contributed by atoms with van der Waals surface area (Å²) in [5.74, 6) is 0.415. The van der Waals surface area contributed by atoms with E-state index >= 15 is 0 Å². The number of fused-ring (bicyclic) bond motifs is 2. The van der Waals surface area contributed by atoms with Gasteiger partial charge in [-0.25, -0.2) is 0 Å². The quantitative estimate of drug-likeness (QED) is 0.376. The van der Waals surface area contributed by atoms with E-state index in [9.17, 15) is 4.79 Å². The molecule has 0 aromatic rings. The van der Waals surface area contributed by atoms with Crippen molar-refractivity contribution in [2.45, 2.75) is 83.2 Å². The van der Waals surface area contributed by atoms with Crippen LogP contribution in [0.15, 0.2) is 34.5 Å². The molecule has 0 radical (unpaired) electrons. The fourth-order valence-electron chi connectivity index (χ4n) is 3.82. The second-order valence-corrected chi connectivity index (χ2v) is 7.11. The number of aliphatic carboxylic acids is 1. The van der Waals surface area contributed by atoms with Crippen LogP contribution in [-0.4, -0.2) is 23.2 Å². The van der Waals surface area contributed by atoms with E-state index in [-0.39, 0.29) is 6.42 Å². The minimum atomic E-state index is -0.707. The number of hydrogen-bond acceptors (Lipinski definition) is 3. The lowest BCUT2D eigenvalue weighted by Gasteiger charge is -2.22. The van der Waals surface area contributed by atoms with Crippen molar-refractivity contribution in [1.82, 2.24) is 0 Å². The Bertz CT molecular complexity index is 470. The summed E-state index contributed by atoms with van der Waals surface area (Å²) in [6.45, 7) is 2.25. The summed E-state index contributed by atoms with van der Waals surface area (Å²) in [6, 6.07) is 0.792. The second kappa shape index (κ2) is 10.4. The van der Waals surface area contributed by atoms with Crippen LogP contribution in [-0.2, 0) is 4.79 Å². The summed E-state index contributed by atoms with van der Waals surface area (Å²) < 4.78 is 0. The Hall–Kier alpha value is -1.45. The Morgan fingerprint density at radius 2 is 1.83 bits per heavy atom. The predicted octanol–water partition coefficient (Wildman–Crippen LogP) is 5.55. The minimum Gasteiger partial charge on any atom is -0.481 e. The third-order valence-corrected chi connectivity index (χ3v) is 5.20. The van der Waals surface area contributed by atoms with Gasteiger partial charge in [0.25, 0.3) is 0 Å². The number of nitrogens with zero attached hydrogens (tertiary/aromatic N) is 2. The molecule has 1 unspecified atom stereocenters. The largest absolute Gasteiger partial charge is 0.481 e. The van der Waals surface area contributed by atoms with E-state index in [1.54, 1.807) is 0 Å². The van der Waals surface area contributed by atoms with Gasteiger partial charge in [-0.1, -0.05) is 50.5 Å². The molecule has 134 valence electrons. The fraction of sp³-hybridized carbons (Fsp3) is 0.750. The van der Waals surface area contributed by atoms with E-state index in [1.165, 1.54) is 32.1 Å². The number of allylic oxidation sites excluding steroid dienone is 3. The number of azo groups is 1. The van der Waals surface area contributed by atoms with Crippen molar-refractivity contribution >= 4 is 5.97 Å². The number of unbranched alkanes of at least 4 members (excludes halogenated alkanes) is 5. The SMILES string of the molecule is CCCCCC/C=C/C1[C@@H]2C[C@@H](N=N2)[C@@H]1C/C=C\CCCC(=O)O. The van der Waals surface area contributed by atoms with Gasteiger partial charge >= 0.3 is 5.97 Å². The molecule has 1 aliphatic carbocycles. The molecule has 4 heteroatoms. The first-order valence-corrected chi connectivity index (χ1v) is 9.65. The van der Waals surface area contributed by atoms with Crippen molar-refractivity contribution in [3.8, 4) is 0 Å². The molecular formula is C20H32N2O2. The van der Waals surface area contributed by atoms with E-state index in [0.29, 0.717) is 23.9 Å². The van der Waals surface area contributed by atoms with Crippen molar-refractivity contribution in [3.63, 3.8) is 0 Å². The van der Waals surface area contributed by atoms with Crippen LogP contribution in [0.4, 0.5) is 0 Å². The molecule has 1 heterocycles. The normalized spacial score (nSPS) is 28.5. The average Bonchev–Trinajstić information content (AvgIpc) is 3.15. The Labute approximate surface area is 146 Å². The van der Waals surface area contributed by atoms with Crippen LogP contribution < -0.4 is 0 Å². The van der Waals surface area contributed by atoms with Gasteiger partial charge in [-0.2, -0.15) is 10.2 Å². The van der Waals surface area contributed by atoms with Crippen molar-refractivity contribution in [1.29, 1.82) is 0 Å². The molecule has 4 atom stereocenters. The Kier molecular flexibility index (Phi) is 8.20. The topological polar surface area (TPSA) is 62.0 Å². The summed E-state index contributed by atoms with van der Waals surface area (Å²) in [4.78, 5) is 10.5. The zero-order valence-corrected chi connectivity index (χ0v) is 14.9. The lowest BCUT2D eigenvalue weighted by atomic mass is 9.87. The average molecular weight is 332 g/mol. The molecule has 0 amide bonds. The van der Waals surface area contributed by atoms with Crippen molar-refractivity contribution in [2.24, 2.45) is 22.1 Å². The standard InChI is InChI=1S/C20H32N2O2/c1-2-3-4-5-6-9-12-16-17(19-15-18(16)21-22-19)13-10-7-8-11-14-20(23)24/h7,9-10,12,16-19H,2-6,8,11,13-15H2,1H3,(H,23,24)/b10-7-,12-9+/t16?,17-,18+,19-/m1/s1.